The Hall–Kier alpha value is -1.88. The van der Waals surface area contributed by atoms with Gasteiger partial charge in [0.1, 0.15) is 11.6 Å². The summed E-state index contributed by atoms with van der Waals surface area (Å²) in [6.07, 6.45) is 5.91. The fourth-order valence-electron chi connectivity index (χ4n) is 2.92. The van der Waals surface area contributed by atoms with Crippen LogP contribution in [0.5, 0.6) is 0 Å². The van der Waals surface area contributed by atoms with Crippen molar-refractivity contribution in [3.63, 3.8) is 0 Å². The highest BCUT2D eigenvalue weighted by Crippen LogP contribution is 2.40. The lowest BCUT2D eigenvalue weighted by Gasteiger charge is -2.36. The number of nitrogens with one attached hydrogen (secondary N) is 2. The van der Waals surface area contributed by atoms with Crippen LogP contribution in [0.4, 0.5) is 5.82 Å². The van der Waals surface area contributed by atoms with Gasteiger partial charge >= 0.3 is 0 Å². The van der Waals surface area contributed by atoms with Crippen molar-refractivity contribution < 1.29 is 0 Å². The molecule has 2 aromatic heterocycles. The van der Waals surface area contributed by atoms with Crippen molar-refractivity contribution in [3.8, 4) is 0 Å². The van der Waals surface area contributed by atoms with E-state index in [0.29, 0.717) is 22.9 Å². The van der Waals surface area contributed by atoms with Crippen LogP contribution in [-0.4, -0.2) is 21.0 Å². The molecule has 6 heteroatoms. The number of anilines is 1. The van der Waals surface area contributed by atoms with E-state index in [1.54, 1.807) is 12.3 Å². The number of H-pyrrole nitrogens is 1. The van der Waals surface area contributed by atoms with Gasteiger partial charge in [-0.25, -0.2) is 9.97 Å². The molecule has 2 heterocycles. The summed E-state index contributed by atoms with van der Waals surface area (Å²) in [4.78, 5) is 23.5. The third kappa shape index (κ3) is 2.73. The Morgan fingerprint density at radius 2 is 2.09 bits per heavy atom. The second-order valence-electron chi connectivity index (χ2n) is 6.17. The van der Waals surface area contributed by atoms with E-state index in [-0.39, 0.29) is 5.56 Å². The SMILES string of the molecule is O=c1cc(C2CC(Nc3ncccc3Cl)C2)nc(C2CC2)[nH]1. The highest BCUT2D eigenvalue weighted by Gasteiger charge is 2.33. The van der Waals surface area contributed by atoms with Gasteiger partial charge in [0, 0.05) is 30.1 Å². The minimum Gasteiger partial charge on any atom is -0.366 e. The molecule has 0 spiro atoms. The monoisotopic (exact) mass is 316 g/mol. The highest BCUT2D eigenvalue weighted by atomic mass is 35.5. The van der Waals surface area contributed by atoms with Gasteiger partial charge in [0.05, 0.1) is 10.7 Å². The van der Waals surface area contributed by atoms with E-state index in [2.05, 4.69) is 20.3 Å². The first-order valence-electron chi connectivity index (χ1n) is 7.67. The van der Waals surface area contributed by atoms with Gasteiger partial charge < -0.3 is 10.3 Å². The smallest absolute Gasteiger partial charge is 0.251 e. The van der Waals surface area contributed by atoms with Crippen LogP contribution >= 0.6 is 11.6 Å². The maximum absolute atomic E-state index is 11.8. The zero-order chi connectivity index (χ0) is 15.1. The Bertz CT molecular complexity index is 750. The molecule has 5 nitrogen and oxygen atoms in total. The largest absolute Gasteiger partial charge is 0.366 e. The lowest BCUT2D eigenvalue weighted by molar-refractivity contribution is 0.365. The molecule has 2 fully saturated rings. The van der Waals surface area contributed by atoms with Crippen molar-refractivity contribution in [2.24, 2.45) is 0 Å². The summed E-state index contributed by atoms with van der Waals surface area (Å²) in [5.74, 6) is 2.41. The van der Waals surface area contributed by atoms with E-state index in [1.807, 2.05) is 12.1 Å². The van der Waals surface area contributed by atoms with Crippen LogP contribution < -0.4 is 10.9 Å². The van der Waals surface area contributed by atoms with Gasteiger partial charge in [-0.15, -0.1) is 0 Å². The van der Waals surface area contributed by atoms with Crippen molar-refractivity contribution >= 4 is 17.4 Å². The van der Waals surface area contributed by atoms with Crippen molar-refractivity contribution in [3.05, 3.63) is 51.3 Å². The molecule has 2 aromatic rings. The third-order valence-electron chi connectivity index (χ3n) is 4.40. The number of aromatic nitrogens is 3. The fraction of sp³-hybridized carbons (Fsp3) is 0.438. The molecule has 0 unspecified atom stereocenters. The van der Waals surface area contributed by atoms with E-state index >= 15 is 0 Å². The van der Waals surface area contributed by atoms with Crippen LogP contribution in [0, 0.1) is 0 Å². The number of hydrogen-bond donors (Lipinski definition) is 2. The number of nitrogens with zero attached hydrogens (tertiary/aromatic N) is 2. The molecule has 2 N–H and O–H groups in total. The molecule has 22 heavy (non-hydrogen) atoms. The third-order valence-corrected chi connectivity index (χ3v) is 4.70. The minimum absolute atomic E-state index is 0.0314. The molecule has 0 bridgehead atoms. The van der Waals surface area contributed by atoms with E-state index in [9.17, 15) is 4.79 Å². The van der Waals surface area contributed by atoms with Crippen LogP contribution in [-0.2, 0) is 0 Å². The van der Waals surface area contributed by atoms with Crippen LogP contribution in [0.2, 0.25) is 5.02 Å². The predicted molar refractivity (Wildman–Crippen MR) is 85.5 cm³/mol. The molecule has 0 saturated heterocycles. The average molecular weight is 317 g/mol. The first kappa shape index (κ1) is 13.8. The van der Waals surface area contributed by atoms with E-state index in [4.69, 9.17) is 11.6 Å². The number of halogens is 1. The lowest BCUT2D eigenvalue weighted by atomic mass is 9.78. The zero-order valence-corrected chi connectivity index (χ0v) is 12.8. The molecular weight excluding hydrogens is 300 g/mol. The Kier molecular flexibility index (Phi) is 3.37. The maximum Gasteiger partial charge on any atom is 0.251 e. The van der Waals surface area contributed by atoms with E-state index in [1.165, 1.54) is 0 Å². The molecular formula is C16H17ClN4O. The number of aromatic amines is 1. The molecule has 0 aromatic carbocycles. The van der Waals surface area contributed by atoms with E-state index < -0.39 is 0 Å². The van der Waals surface area contributed by atoms with Crippen molar-refractivity contribution in [1.82, 2.24) is 15.0 Å². The predicted octanol–water partition coefficient (Wildman–Crippen LogP) is 3.05. The number of pyridine rings is 1. The van der Waals surface area contributed by atoms with E-state index in [0.717, 1.165) is 43.0 Å². The molecule has 2 aliphatic rings. The van der Waals surface area contributed by atoms with Gasteiger partial charge in [-0.1, -0.05) is 11.6 Å². The molecule has 0 atom stereocenters. The molecule has 114 valence electrons. The van der Waals surface area contributed by atoms with Crippen molar-refractivity contribution in [2.75, 3.05) is 5.32 Å². The summed E-state index contributed by atoms with van der Waals surface area (Å²) in [6.45, 7) is 0. The Morgan fingerprint density at radius 3 is 2.82 bits per heavy atom. The fourth-order valence-corrected chi connectivity index (χ4v) is 3.09. The normalized spacial score (nSPS) is 23.9. The number of rotatable bonds is 4. The Labute approximate surface area is 133 Å². The molecule has 0 amide bonds. The van der Waals surface area contributed by atoms with Crippen molar-refractivity contribution in [2.45, 2.75) is 43.6 Å². The van der Waals surface area contributed by atoms with Gasteiger partial charge in [0.2, 0.25) is 0 Å². The molecule has 2 aliphatic carbocycles. The van der Waals surface area contributed by atoms with Crippen LogP contribution in [0.3, 0.4) is 0 Å². The summed E-state index contributed by atoms with van der Waals surface area (Å²) >= 11 is 6.10. The number of hydrogen-bond acceptors (Lipinski definition) is 4. The lowest BCUT2D eigenvalue weighted by Crippen LogP contribution is -2.35. The quantitative estimate of drug-likeness (QED) is 0.909. The second kappa shape index (κ2) is 5.39. The summed E-state index contributed by atoms with van der Waals surface area (Å²) in [6, 6.07) is 5.62. The topological polar surface area (TPSA) is 70.7 Å². The standard InChI is InChI=1S/C16H17ClN4O/c17-12-2-1-5-18-16(12)19-11-6-10(7-11)13-8-14(22)21-15(20-13)9-3-4-9/h1-2,5,8-11H,3-4,6-7H2,(H,18,19)(H,20,21,22). The van der Waals surface area contributed by atoms with Gasteiger partial charge in [-0.2, -0.15) is 0 Å². The summed E-state index contributed by atoms with van der Waals surface area (Å²) in [5.41, 5.74) is 0.895. The first-order valence-corrected chi connectivity index (χ1v) is 8.05. The van der Waals surface area contributed by atoms with Gasteiger partial charge in [0.15, 0.2) is 0 Å². The maximum atomic E-state index is 11.8. The molecule has 2 saturated carbocycles. The van der Waals surface area contributed by atoms with Crippen LogP contribution in [0.25, 0.3) is 0 Å². The minimum atomic E-state index is -0.0314. The Morgan fingerprint density at radius 1 is 1.27 bits per heavy atom. The molecule has 0 radical (unpaired) electrons. The molecule has 0 aliphatic heterocycles. The van der Waals surface area contributed by atoms with Crippen LogP contribution in [0.15, 0.2) is 29.2 Å². The summed E-state index contributed by atoms with van der Waals surface area (Å²) in [5, 5.41) is 3.99. The highest BCUT2D eigenvalue weighted by molar-refractivity contribution is 6.32. The zero-order valence-electron chi connectivity index (χ0n) is 12.1. The molecule has 4 rings (SSSR count). The van der Waals surface area contributed by atoms with Crippen molar-refractivity contribution in [1.29, 1.82) is 0 Å². The average Bonchev–Trinajstić information content (AvgIpc) is 3.28. The van der Waals surface area contributed by atoms with Crippen LogP contribution in [0.1, 0.15) is 49.0 Å². The summed E-state index contributed by atoms with van der Waals surface area (Å²) in [7, 11) is 0. The first-order chi connectivity index (χ1) is 10.7. The summed E-state index contributed by atoms with van der Waals surface area (Å²) < 4.78 is 0. The second-order valence-corrected chi connectivity index (χ2v) is 6.58. The van der Waals surface area contributed by atoms with Gasteiger partial charge in [-0.3, -0.25) is 4.79 Å². The Balaban J connectivity index is 1.43. The van der Waals surface area contributed by atoms with Gasteiger partial charge in [0.25, 0.3) is 5.56 Å². The van der Waals surface area contributed by atoms with Gasteiger partial charge in [-0.05, 0) is 37.8 Å².